The molecular formula is C36H34BF10OP. The normalized spacial score (nSPS) is 17.1. The second-order valence-electron chi connectivity index (χ2n) is 13.2. The first-order valence-corrected chi connectivity index (χ1v) is 17.8. The van der Waals surface area contributed by atoms with Crippen molar-refractivity contribution in [2.45, 2.75) is 67.0 Å². The molecule has 262 valence electrons. The second kappa shape index (κ2) is 13.1. The Morgan fingerprint density at radius 1 is 0.551 bits per heavy atom. The van der Waals surface area contributed by atoms with Gasteiger partial charge in [0.2, 0.25) is 0 Å². The summed E-state index contributed by atoms with van der Waals surface area (Å²) in [4.78, 5) is 0. The molecule has 0 aromatic heterocycles. The molecule has 1 aliphatic rings. The molecule has 0 bridgehead atoms. The van der Waals surface area contributed by atoms with Gasteiger partial charge in [0.15, 0.2) is 34.9 Å². The van der Waals surface area contributed by atoms with Crippen LogP contribution in [-0.4, -0.2) is 24.8 Å². The molecule has 5 rings (SSSR count). The van der Waals surface area contributed by atoms with Gasteiger partial charge in [-0.15, -0.1) is 23.6 Å². The lowest BCUT2D eigenvalue weighted by atomic mass is 9.15. The van der Waals surface area contributed by atoms with E-state index >= 15 is 17.6 Å². The maximum Gasteiger partial charge on any atom is 0.200 e. The summed E-state index contributed by atoms with van der Waals surface area (Å²) in [6, 6.07) is 7.69. The van der Waals surface area contributed by atoms with E-state index in [-0.39, 0.29) is 12.8 Å². The van der Waals surface area contributed by atoms with E-state index in [0.29, 0.717) is 0 Å². The Bertz CT molecular complexity index is 1780. The van der Waals surface area contributed by atoms with Crippen molar-refractivity contribution in [2.24, 2.45) is 0 Å². The van der Waals surface area contributed by atoms with Crippen LogP contribution in [0.4, 0.5) is 43.9 Å². The average Bonchev–Trinajstić information content (AvgIpc) is 3.01. The number of hydrogen-bond donors (Lipinski definition) is 0. The summed E-state index contributed by atoms with van der Waals surface area (Å²) >= 11 is 0. The Labute approximate surface area is 278 Å². The molecule has 49 heavy (non-hydrogen) atoms. The van der Waals surface area contributed by atoms with Crippen molar-refractivity contribution in [3.8, 4) is 0 Å². The van der Waals surface area contributed by atoms with Crippen LogP contribution in [0.5, 0.6) is 0 Å². The quantitative estimate of drug-likeness (QED) is 0.0640. The van der Waals surface area contributed by atoms with Crippen LogP contribution in [0, 0.1) is 99.7 Å². The van der Waals surface area contributed by atoms with Gasteiger partial charge in [0.25, 0.3) is 0 Å². The number of halogens is 10. The third-order valence-corrected chi connectivity index (χ3v) is 15.4. The Hall–Kier alpha value is -3.37. The van der Waals surface area contributed by atoms with Crippen molar-refractivity contribution in [1.29, 1.82) is 0 Å². The topological polar surface area (TPSA) is 9.23 Å². The molecule has 4 aromatic rings. The van der Waals surface area contributed by atoms with E-state index in [1.807, 2.05) is 65.8 Å². The van der Waals surface area contributed by atoms with Crippen LogP contribution in [0.15, 0.2) is 24.3 Å². The predicted molar refractivity (Wildman–Crippen MR) is 175 cm³/mol. The first-order valence-electron chi connectivity index (χ1n) is 15.8. The molecule has 0 spiro atoms. The van der Waals surface area contributed by atoms with Crippen molar-refractivity contribution in [1.82, 2.24) is 0 Å². The van der Waals surface area contributed by atoms with Gasteiger partial charge in [-0.1, -0.05) is 35.4 Å². The fourth-order valence-corrected chi connectivity index (χ4v) is 15.0. The van der Waals surface area contributed by atoms with Crippen molar-refractivity contribution in [3.63, 3.8) is 0 Å². The molecule has 0 aliphatic carbocycles. The highest BCUT2D eigenvalue weighted by Gasteiger charge is 2.60. The van der Waals surface area contributed by atoms with Crippen molar-refractivity contribution in [3.05, 3.63) is 116 Å². The Balaban J connectivity index is 1.99. The monoisotopic (exact) mass is 714 g/mol. The van der Waals surface area contributed by atoms with E-state index in [4.69, 9.17) is 4.74 Å². The smallest absolute Gasteiger partial charge is 0.200 e. The molecular weight excluding hydrogens is 680 g/mol. The Morgan fingerprint density at radius 3 is 1.16 bits per heavy atom. The maximum absolute atomic E-state index is 15.9. The molecule has 1 fully saturated rings. The Morgan fingerprint density at radius 2 is 0.857 bits per heavy atom. The van der Waals surface area contributed by atoms with Gasteiger partial charge in [0.05, 0.1) is 6.15 Å². The minimum absolute atomic E-state index is 0.0688. The molecule has 1 nitrogen and oxygen atoms in total. The lowest BCUT2D eigenvalue weighted by Crippen LogP contribution is -2.68. The molecule has 0 N–H and O–H groups in total. The second-order valence-corrected chi connectivity index (χ2v) is 16.9. The standard InChI is InChI=1S/C36H34BF10OP/c1-8-48-22-15-37(23-25(38)29(42)33(46)30(43)26(23)39,24-27(40)31(44)34(47)32(45)28(24)41)9-10-49(22,35-18(4)11-16(2)12-19(35)5)36-20(6)13-17(3)14-21(36)7/h11-14,22H,8-10,15H2,1-7H3/t22-/m1/s1. The number of ether oxygens (including phenoxy) is 1. The van der Waals surface area contributed by atoms with Crippen LogP contribution in [0.1, 0.15) is 40.3 Å². The zero-order valence-corrected chi connectivity index (χ0v) is 28.8. The third kappa shape index (κ3) is 5.48. The molecule has 0 unspecified atom stereocenters. The van der Waals surface area contributed by atoms with Crippen LogP contribution in [-0.2, 0) is 4.74 Å². The van der Waals surface area contributed by atoms with Gasteiger partial charge in [0, 0.05) is 12.8 Å². The van der Waals surface area contributed by atoms with E-state index in [1.165, 1.54) is 0 Å². The van der Waals surface area contributed by atoms with Crippen LogP contribution < -0.4 is 21.5 Å². The van der Waals surface area contributed by atoms with Crippen molar-refractivity contribution >= 4 is 34.9 Å². The van der Waals surface area contributed by atoms with Gasteiger partial charge >= 0.3 is 0 Å². The largest absolute Gasteiger partial charge is 0.347 e. The molecule has 4 aromatic carbocycles. The summed E-state index contributed by atoms with van der Waals surface area (Å²) in [5, 5.41) is 1.62. The summed E-state index contributed by atoms with van der Waals surface area (Å²) in [5.74, 6) is -25.6. The summed E-state index contributed by atoms with van der Waals surface area (Å²) in [7, 11) is -3.08. The zero-order chi connectivity index (χ0) is 36.5. The summed E-state index contributed by atoms with van der Waals surface area (Å²) < 4.78 is 158. The summed E-state index contributed by atoms with van der Waals surface area (Å²) in [6.07, 6.45) is -5.69. The van der Waals surface area contributed by atoms with Crippen molar-refractivity contribution in [2.75, 3.05) is 12.8 Å². The average molecular weight is 714 g/mol. The number of rotatable bonds is 6. The van der Waals surface area contributed by atoms with Crippen molar-refractivity contribution < 1.29 is 48.6 Å². The molecule has 1 heterocycles. The molecule has 1 saturated heterocycles. The Kier molecular flexibility index (Phi) is 9.84. The van der Waals surface area contributed by atoms with E-state index in [0.717, 1.165) is 44.0 Å². The van der Waals surface area contributed by atoms with E-state index in [9.17, 15) is 26.3 Å². The lowest BCUT2D eigenvalue weighted by molar-refractivity contribution is 0.130. The van der Waals surface area contributed by atoms with Gasteiger partial charge in [-0.25, -0.2) is 43.9 Å². The van der Waals surface area contributed by atoms with Gasteiger partial charge < -0.3 is 4.74 Å². The van der Waals surface area contributed by atoms with Gasteiger partial charge in [0.1, 0.15) is 47.0 Å². The zero-order valence-electron chi connectivity index (χ0n) is 27.9. The maximum atomic E-state index is 15.9. The lowest BCUT2D eigenvalue weighted by Gasteiger charge is -2.52. The highest BCUT2D eigenvalue weighted by molar-refractivity contribution is 7.90. The molecule has 13 heteroatoms. The van der Waals surface area contributed by atoms with E-state index < -0.39 is 101 Å². The first kappa shape index (κ1) is 36.9. The van der Waals surface area contributed by atoms with Crippen LogP contribution >= 0.6 is 7.26 Å². The molecule has 0 amide bonds. The molecule has 0 saturated carbocycles. The highest BCUT2D eigenvalue weighted by Crippen LogP contribution is 2.68. The van der Waals surface area contributed by atoms with Gasteiger partial charge in [-0.05, 0) is 70.7 Å². The fourth-order valence-electron chi connectivity index (χ4n) is 8.71. The number of aryl methyl sites for hydroxylation is 6. The molecule has 1 aliphatic heterocycles. The van der Waals surface area contributed by atoms with Gasteiger partial charge in [-0.3, -0.25) is 0 Å². The molecule has 0 radical (unpaired) electrons. The van der Waals surface area contributed by atoms with Crippen LogP contribution in [0.25, 0.3) is 0 Å². The predicted octanol–water partition coefficient (Wildman–Crippen LogP) is 8.54. The van der Waals surface area contributed by atoms with Gasteiger partial charge in [-0.2, -0.15) is 0 Å². The third-order valence-electron chi connectivity index (χ3n) is 10.1. The number of hydrogen-bond acceptors (Lipinski definition) is 1. The summed E-state index contributed by atoms with van der Waals surface area (Å²) in [5.41, 5.74) is 1.81. The van der Waals surface area contributed by atoms with Crippen LogP contribution in [0.2, 0.25) is 12.6 Å². The summed E-state index contributed by atoms with van der Waals surface area (Å²) in [6.45, 7) is 12.7. The van der Waals surface area contributed by atoms with E-state index in [2.05, 4.69) is 0 Å². The highest BCUT2D eigenvalue weighted by atomic mass is 31.2. The minimum Gasteiger partial charge on any atom is -0.347 e. The first-order chi connectivity index (χ1) is 22.9. The molecule has 1 atom stereocenters. The van der Waals surface area contributed by atoms with E-state index in [1.54, 1.807) is 6.92 Å². The van der Waals surface area contributed by atoms with Crippen LogP contribution in [0.3, 0.4) is 0 Å². The fraction of sp³-hybridized carbons (Fsp3) is 0.333. The SMILES string of the molecule is CCO[C@H]1C[B-](c2c(F)c(F)c(F)c(F)c2F)(c2c(F)c(F)c(F)c(F)c2F)CC[P+]1(c1c(C)cc(C)cc1C)c1c(C)cc(C)cc1C. The number of benzene rings is 4. The minimum atomic E-state index is -3.98.